The number of H-pyrrole nitrogens is 1. The third kappa shape index (κ3) is 6.40. The van der Waals surface area contributed by atoms with Crippen LogP contribution < -0.4 is 5.56 Å². The highest BCUT2D eigenvalue weighted by Gasteiger charge is 2.19. The molecule has 2 aromatic heterocycles. The molecule has 1 saturated heterocycles. The average Bonchev–Trinajstić information content (AvgIpc) is 3.52. The molecule has 28 heavy (non-hydrogen) atoms. The second-order valence-corrected chi connectivity index (χ2v) is 7.96. The standard InChI is InChI=1S/C12H13ClN2O2.C5H11N.C4H6O/c1-7(6-17-2)9-4-15-12(16)10-5-14-11(13)3-8(9)10;1-5-3-4-6(5)2;5-3-4-1-2-4/h3-5,7H,6H2,1-2H3,(H,15,16);5H,3-4H2,1-2H3;3-4H,1-2H2. The van der Waals surface area contributed by atoms with Crippen LogP contribution in [-0.2, 0) is 9.53 Å². The van der Waals surface area contributed by atoms with E-state index in [1.54, 1.807) is 19.4 Å². The Balaban J connectivity index is 0.000000206. The number of methoxy groups -OCH3 is 1. The molecule has 0 amide bonds. The smallest absolute Gasteiger partial charge is 0.257 e. The highest BCUT2D eigenvalue weighted by Crippen LogP contribution is 2.25. The summed E-state index contributed by atoms with van der Waals surface area (Å²) in [5.74, 6) is 0.632. The molecule has 2 fully saturated rings. The van der Waals surface area contributed by atoms with Gasteiger partial charge in [-0.15, -0.1) is 0 Å². The number of aromatic amines is 1. The van der Waals surface area contributed by atoms with E-state index in [4.69, 9.17) is 16.3 Å². The Morgan fingerprint density at radius 3 is 2.50 bits per heavy atom. The molecule has 2 atom stereocenters. The fraction of sp³-hybridized carbons (Fsp3) is 0.571. The first-order valence-corrected chi connectivity index (χ1v) is 10.1. The lowest BCUT2D eigenvalue weighted by molar-refractivity contribution is -0.108. The van der Waals surface area contributed by atoms with E-state index >= 15 is 0 Å². The van der Waals surface area contributed by atoms with Gasteiger partial charge in [0, 0.05) is 37.4 Å². The van der Waals surface area contributed by atoms with Crippen LogP contribution in [0.5, 0.6) is 0 Å². The minimum atomic E-state index is -0.155. The number of aldehydes is 1. The summed E-state index contributed by atoms with van der Waals surface area (Å²) in [5, 5.41) is 1.77. The zero-order chi connectivity index (χ0) is 20.7. The average molecular weight is 408 g/mol. The van der Waals surface area contributed by atoms with Crippen LogP contribution in [0.3, 0.4) is 0 Å². The molecule has 7 heteroatoms. The molecule has 3 heterocycles. The van der Waals surface area contributed by atoms with Crippen molar-refractivity contribution in [3.63, 3.8) is 0 Å². The number of ether oxygens (including phenoxy) is 1. The van der Waals surface area contributed by atoms with Crippen molar-refractivity contribution in [1.29, 1.82) is 0 Å². The number of carbonyl (C=O) groups excluding carboxylic acids is 1. The molecular weight excluding hydrogens is 378 g/mol. The second kappa shape index (κ2) is 10.7. The number of nitrogens with zero attached hydrogens (tertiary/aromatic N) is 2. The number of likely N-dealkylation sites (tertiary alicyclic amines) is 1. The van der Waals surface area contributed by atoms with Gasteiger partial charge in [-0.05, 0) is 56.8 Å². The van der Waals surface area contributed by atoms with E-state index in [0.29, 0.717) is 23.1 Å². The summed E-state index contributed by atoms with van der Waals surface area (Å²) in [6.07, 6.45) is 7.92. The predicted octanol–water partition coefficient (Wildman–Crippen LogP) is 3.63. The van der Waals surface area contributed by atoms with Gasteiger partial charge in [0.1, 0.15) is 11.4 Å². The Bertz CT molecular complexity index is 827. The van der Waals surface area contributed by atoms with Crippen molar-refractivity contribution >= 4 is 28.7 Å². The van der Waals surface area contributed by atoms with E-state index in [0.717, 1.165) is 36.1 Å². The minimum absolute atomic E-state index is 0.155. The maximum Gasteiger partial charge on any atom is 0.257 e. The van der Waals surface area contributed by atoms with Crippen LogP contribution in [-0.4, -0.2) is 54.5 Å². The molecule has 1 saturated carbocycles. The fourth-order valence-corrected chi connectivity index (χ4v) is 2.93. The molecular formula is C21H30ClN3O3. The molecule has 2 unspecified atom stereocenters. The van der Waals surface area contributed by atoms with E-state index in [2.05, 4.69) is 28.8 Å². The van der Waals surface area contributed by atoms with Crippen molar-refractivity contribution in [3.8, 4) is 0 Å². The molecule has 2 aromatic rings. The first-order chi connectivity index (χ1) is 13.4. The molecule has 1 aliphatic carbocycles. The maximum absolute atomic E-state index is 11.7. The Labute approximate surface area is 171 Å². The van der Waals surface area contributed by atoms with Crippen LogP contribution >= 0.6 is 11.6 Å². The Morgan fingerprint density at radius 1 is 1.39 bits per heavy atom. The molecule has 2 aliphatic rings. The van der Waals surface area contributed by atoms with Gasteiger partial charge in [0.25, 0.3) is 5.56 Å². The van der Waals surface area contributed by atoms with Crippen LogP contribution in [0.4, 0.5) is 0 Å². The zero-order valence-electron chi connectivity index (χ0n) is 17.1. The molecule has 0 radical (unpaired) electrons. The molecule has 0 bridgehead atoms. The van der Waals surface area contributed by atoms with Crippen molar-refractivity contribution in [2.75, 3.05) is 27.3 Å². The maximum atomic E-state index is 11.7. The number of halogens is 1. The summed E-state index contributed by atoms with van der Waals surface area (Å²) in [7, 11) is 3.81. The number of aromatic nitrogens is 2. The van der Waals surface area contributed by atoms with E-state index < -0.39 is 0 Å². The molecule has 1 aliphatic heterocycles. The topological polar surface area (TPSA) is 75.3 Å². The third-order valence-electron chi connectivity index (χ3n) is 5.20. The highest BCUT2D eigenvalue weighted by atomic mass is 35.5. The van der Waals surface area contributed by atoms with Gasteiger partial charge in [0.2, 0.25) is 0 Å². The Hall–Kier alpha value is -1.76. The van der Waals surface area contributed by atoms with E-state index in [9.17, 15) is 9.59 Å². The lowest BCUT2D eigenvalue weighted by atomic mass is 9.99. The zero-order valence-corrected chi connectivity index (χ0v) is 17.8. The highest BCUT2D eigenvalue weighted by molar-refractivity contribution is 6.30. The van der Waals surface area contributed by atoms with E-state index in [1.165, 1.54) is 19.2 Å². The van der Waals surface area contributed by atoms with Gasteiger partial charge in [-0.3, -0.25) is 4.79 Å². The van der Waals surface area contributed by atoms with Gasteiger partial charge in [-0.2, -0.15) is 0 Å². The second-order valence-electron chi connectivity index (χ2n) is 7.57. The summed E-state index contributed by atoms with van der Waals surface area (Å²) in [4.78, 5) is 30.2. The van der Waals surface area contributed by atoms with Gasteiger partial charge in [0.15, 0.2) is 0 Å². The van der Waals surface area contributed by atoms with Crippen molar-refractivity contribution < 1.29 is 9.53 Å². The summed E-state index contributed by atoms with van der Waals surface area (Å²) in [6, 6.07) is 2.58. The summed E-state index contributed by atoms with van der Waals surface area (Å²) in [6.45, 7) is 6.18. The quantitative estimate of drug-likeness (QED) is 0.618. The Morgan fingerprint density at radius 2 is 2.07 bits per heavy atom. The number of nitrogens with one attached hydrogen (secondary N) is 1. The molecule has 6 nitrogen and oxygen atoms in total. The van der Waals surface area contributed by atoms with E-state index in [1.807, 2.05) is 6.92 Å². The van der Waals surface area contributed by atoms with Crippen LogP contribution in [0.15, 0.2) is 23.3 Å². The predicted molar refractivity (Wildman–Crippen MR) is 113 cm³/mol. The first-order valence-electron chi connectivity index (χ1n) is 9.68. The van der Waals surface area contributed by atoms with Gasteiger partial charge in [-0.1, -0.05) is 18.5 Å². The molecule has 4 rings (SSSR count). The van der Waals surface area contributed by atoms with Crippen molar-refractivity contribution in [1.82, 2.24) is 14.9 Å². The van der Waals surface area contributed by atoms with Crippen molar-refractivity contribution in [2.24, 2.45) is 5.92 Å². The van der Waals surface area contributed by atoms with Crippen LogP contribution in [0.25, 0.3) is 10.8 Å². The van der Waals surface area contributed by atoms with Crippen molar-refractivity contribution in [3.05, 3.63) is 39.5 Å². The number of fused-ring (bicyclic) bond motifs is 1. The minimum Gasteiger partial charge on any atom is -0.384 e. The summed E-state index contributed by atoms with van der Waals surface area (Å²) >= 11 is 5.87. The number of hydrogen-bond donors (Lipinski definition) is 1. The number of pyridine rings is 2. The number of hydrogen-bond acceptors (Lipinski definition) is 5. The number of carbonyl (C=O) groups is 1. The third-order valence-corrected chi connectivity index (χ3v) is 5.41. The first kappa shape index (κ1) is 22.5. The molecule has 0 aromatic carbocycles. The van der Waals surface area contributed by atoms with E-state index in [-0.39, 0.29) is 11.5 Å². The molecule has 154 valence electrons. The van der Waals surface area contributed by atoms with Gasteiger partial charge in [-0.25, -0.2) is 4.98 Å². The largest absolute Gasteiger partial charge is 0.384 e. The lowest BCUT2D eigenvalue weighted by Crippen LogP contribution is -2.41. The molecule has 0 spiro atoms. The normalized spacial score (nSPS) is 19.5. The monoisotopic (exact) mass is 407 g/mol. The van der Waals surface area contributed by atoms with Gasteiger partial charge in [0.05, 0.1) is 12.0 Å². The fourth-order valence-electron chi connectivity index (χ4n) is 2.77. The van der Waals surface area contributed by atoms with Crippen LogP contribution in [0.2, 0.25) is 5.15 Å². The van der Waals surface area contributed by atoms with Gasteiger partial charge < -0.3 is 19.4 Å². The summed E-state index contributed by atoms with van der Waals surface area (Å²) < 4.78 is 5.13. The SMILES string of the molecule is CC1CCN1C.COCC(C)c1c[nH]c(=O)c2cnc(Cl)cc12.O=CC1CC1. The van der Waals surface area contributed by atoms with Crippen LogP contribution in [0.1, 0.15) is 44.6 Å². The Kier molecular flexibility index (Phi) is 8.60. The summed E-state index contributed by atoms with van der Waals surface area (Å²) in [5.41, 5.74) is 0.850. The van der Waals surface area contributed by atoms with Crippen molar-refractivity contribution in [2.45, 2.75) is 45.1 Å². The van der Waals surface area contributed by atoms with Crippen LogP contribution in [0, 0.1) is 5.92 Å². The number of rotatable bonds is 4. The lowest BCUT2D eigenvalue weighted by Gasteiger charge is -2.34. The molecule has 1 N–H and O–H groups in total. The van der Waals surface area contributed by atoms with Gasteiger partial charge >= 0.3 is 0 Å².